The van der Waals surface area contributed by atoms with E-state index in [-0.39, 0.29) is 0 Å². The van der Waals surface area contributed by atoms with Crippen LogP contribution in [0, 0.1) is 0 Å². The predicted octanol–water partition coefficient (Wildman–Crippen LogP) is 1.78. The Labute approximate surface area is 79.5 Å². The fourth-order valence-corrected chi connectivity index (χ4v) is 1.18. The topological polar surface area (TPSA) is 38.1 Å². The molecule has 1 heterocycles. The van der Waals surface area contributed by atoms with Crippen molar-refractivity contribution in [2.24, 2.45) is 0 Å². The van der Waals surface area contributed by atoms with Gasteiger partial charge in [-0.25, -0.2) is 4.98 Å². The SMILES string of the molecule is CCCc1ncc(CC(C)NC)o1. The van der Waals surface area contributed by atoms with E-state index in [0.29, 0.717) is 6.04 Å². The molecule has 3 nitrogen and oxygen atoms in total. The molecule has 3 heteroatoms. The fraction of sp³-hybridized carbons (Fsp3) is 0.700. The molecule has 1 aromatic heterocycles. The van der Waals surface area contributed by atoms with Crippen molar-refractivity contribution in [3.05, 3.63) is 17.8 Å². The Balaban J connectivity index is 2.48. The molecule has 74 valence electrons. The molecule has 0 spiro atoms. The lowest BCUT2D eigenvalue weighted by atomic mass is 10.2. The minimum atomic E-state index is 0.447. The average molecular weight is 182 g/mol. The molecule has 0 bridgehead atoms. The summed E-state index contributed by atoms with van der Waals surface area (Å²) in [7, 11) is 1.95. The van der Waals surface area contributed by atoms with E-state index in [1.54, 1.807) is 0 Å². The van der Waals surface area contributed by atoms with Gasteiger partial charge in [-0.2, -0.15) is 0 Å². The second-order valence-corrected chi connectivity index (χ2v) is 3.36. The molecular weight excluding hydrogens is 164 g/mol. The number of nitrogens with one attached hydrogen (secondary N) is 1. The Hall–Kier alpha value is -0.830. The van der Waals surface area contributed by atoms with Crippen LogP contribution in [0.5, 0.6) is 0 Å². The average Bonchev–Trinajstić information content (AvgIpc) is 2.53. The highest BCUT2D eigenvalue weighted by molar-refractivity contribution is 4.96. The van der Waals surface area contributed by atoms with E-state index in [0.717, 1.165) is 30.9 Å². The molecule has 1 atom stereocenters. The third kappa shape index (κ3) is 3.19. The van der Waals surface area contributed by atoms with Crippen molar-refractivity contribution in [3.63, 3.8) is 0 Å². The highest BCUT2D eigenvalue weighted by Crippen LogP contribution is 2.07. The minimum absolute atomic E-state index is 0.447. The summed E-state index contributed by atoms with van der Waals surface area (Å²) < 4.78 is 5.55. The zero-order chi connectivity index (χ0) is 9.68. The van der Waals surface area contributed by atoms with E-state index in [9.17, 15) is 0 Å². The van der Waals surface area contributed by atoms with Crippen molar-refractivity contribution in [1.29, 1.82) is 0 Å². The minimum Gasteiger partial charge on any atom is -0.446 e. The first kappa shape index (κ1) is 10.3. The van der Waals surface area contributed by atoms with Crippen LogP contribution >= 0.6 is 0 Å². The molecule has 0 saturated heterocycles. The van der Waals surface area contributed by atoms with Crippen LogP contribution in [0.25, 0.3) is 0 Å². The van der Waals surface area contributed by atoms with Crippen LogP contribution in [0.2, 0.25) is 0 Å². The van der Waals surface area contributed by atoms with Crippen LogP contribution in [0.1, 0.15) is 31.9 Å². The molecule has 13 heavy (non-hydrogen) atoms. The van der Waals surface area contributed by atoms with Gasteiger partial charge in [0.1, 0.15) is 5.76 Å². The van der Waals surface area contributed by atoms with E-state index in [4.69, 9.17) is 4.42 Å². The first-order valence-corrected chi connectivity index (χ1v) is 4.87. The first-order valence-electron chi connectivity index (χ1n) is 4.87. The third-order valence-corrected chi connectivity index (χ3v) is 2.07. The number of likely N-dealkylation sites (N-methyl/N-ethyl adjacent to an activating group) is 1. The van der Waals surface area contributed by atoms with Crippen LogP contribution in [0.15, 0.2) is 10.6 Å². The number of nitrogens with zero attached hydrogens (tertiary/aromatic N) is 1. The molecule has 0 fully saturated rings. The van der Waals surface area contributed by atoms with Crippen molar-refractivity contribution < 1.29 is 4.42 Å². The summed E-state index contributed by atoms with van der Waals surface area (Å²) in [6.07, 6.45) is 4.77. The molecule has 0 saturated carbocycles. The second kappa shape index (κ2) is 5.02. The van der Waals surface area contributed by atoms with Crippen LogP contribution in [-0.2, 0) is 12.8 Å². The van der Waals surface area contributed by atoms with Gasteiger partial charge in [0.15, 0.2) is 5.89 Å². The van der Waals surface area contributed by atoms with E-state index >= 15 is 0 Å². The summed E-state index contributed by atoms with van der Waals surface area (Å²) in [4.78, 5) is 4.20. The van der Waals surface area contributed by atoms with E-state index in [1.807, 2.05) is 13.2 Å². The number of aromatic nitrogens is 1. The Bertz CT molecular complexity index is 245. The number of oxazole rings is 1. The summed E-state index contributed by atoms with van der Waals surface area (Å²) in [5, 5.41) is 3.17. The number of hydrogen-bond donors (Lipinski definition) is 1. The number of aryl methyl sites for hydroxylation is 1. The first-order chi connectivity index (χ1) is 6.26. The van der Waals surface area contributed by atoms with Gasteiger partial charge in [0.05, 0.1) is 6.20 Å². The normalized spacial score (nSPS) is 13.2. The molecule has 1 rings (SSSR count). The zero-order valence-electron chi connectivity index (χ0n) is 8.63. The van der Waals surface area contributed by atoms with Gasteiger partial charge in [0.2, 0.25) is 0 Å². The molecule has 0 amide bonds. The van der Waals surface area contributed by atoms with Crippen molar-refractivity contribution in [3.8, 4) is 0 Å². The molecule has 0 aliphatic rings. The predicted molar refractivity (Wildman–Crippen MR) is 52.7 cm³/mol. The Morgan fingerprint density at radius 3 is 3.00 bits per heavy atom. The standard InChI is InChI=1S/C10H18N2O/c1-4-5-10-12-7-9(13-10)6-8(2)11-3/h7-8,11H,4-6H2,1-3H3. The third-order valence-electron chi connectivity index (χ3n) is 2.07. The van der Waals surface area contributed by atoms with Gasteiger partial charge in [0, 0.05) is 18.9 Å². The van der Waals surface area contributed by atoms with Crippen molar-refractivity contribution in [2.75, 3.05) is 7.05 Å². The molecular formula is C10H18N2O. The van der Waals surface area contributed by atoms with Gasteiger partial charge in [-0.1, -0.05) is 6.92 Å². The molecule has 0 aliphatic heterocycles. The molecule has 0 aromatic carbocycles. The monoisotopic (exact) mass is 182 g/mol. The van der Waals surface area contributed by atoms with Gasteiger partial charge in [-0.15, -0.1) is 0 Å². The van der Waals surface area contributed by atoms with E-state index in [1.165, 1.54) is 0 Å². The van der Waals surface area contributed by atoms with Gasteiger partial charge >= 0.3 is 0 Å². The van der Waals surface area contributed by atoms with Crippen molar-refractivity contribution in [1.82, 2.24) is 10.3 Å². The van der Waals surface area contributed by atoms with Gasteiger partial charge in [0.25, 0.3) is 0 Å². The highest BCUT2D eigenvalue weighted by atomic mass is 16.4. The van der Waals surface area contributed by atoms with Crippen LogP contribution in [0.4, 0.5) is 0 Å². The zero-order valence-corrected chi connectivity index (χ0v) is 8.63. The van der Waals surface area contributed by atoms with E-state index < -0.39 is 0 Å². The van der Waals surface area contributed by atoms with Gasteiger partial charge < -0.3 is 9.73 Å². The second-order valence-electron chi connectivity index (χ2n) is 3.36. The van der Waals surface area contributed by atoms with Gasteiger partial charge in [-0.05, 0) is 20.4 Å². The summed E-state index contributed by atoms with van der Waals surface area (Å²) in [6, 6.07) is 0.447. The highest BCUT2D eigenvalue weighted by Gasteiger charge is 2.06. The summed E-state index contributed by atoms with van der Waals surface area (Å²) in [5.41, 5.74) is 0. The van der Waals surface area contributed by atoms with E-state index in [2.05, 4.69) is 24.1 Å². The molecule has 0 aliphatic carbocycles. The van der Waals surface area contributed by atoms with Crippen LogP contribution < -0.4 is 5.32 Å². The quantitative estimate of drug-likeness (QED) is 0.754. The summed E-state index contributed by atoms with van der Waals surface area (Å²) in [5.74, 6) is 1.84. The largest absolute Gasteiger partial charge is 0.446 e. The fourth-order valence-electron chi connectivity index (χ4n) is 1.18. The molecule has 1 N–H and O–H groups in total. The Morgan fingerprint density at radius 1 is 1.62 bits per heavy atom. The maximum Gasteiger partial charge on any atom is 0.194 e. The number of rotatable bonds is 5. The maximum absolute atomic E-state index is 5.55. The lowest BCUT2D eigenvalue weighted by Crippen LogP contribution is -2.23. The molecule has 1 unspecified atom stereocenters. The number of hydrogen-bond acceptors (Lipinski definition) is 3. The molecule has 0 radical (unpaired) electrons. The maximum atomic E-state index is 5.55. The Kier molecular flexibility index (Phi) is 3.96. The lowest BCUT2D eigenvalue weighted by Gasteiger charge is -2.05. The summed E-state index contributed by atoms with van der Waals surface area (Å²) in [6.45, 7) is 4.25. The van der Waals surface area contributed by atoms with Gasteiger partial charge in [-0.3, -0.25) is 0 Å². The van der Waals surface area contributed by atoms with Crippen molar-refractivity contribution >= 4 is 0 Å². The Morgan fingerprint density at radius 2 is 2.38 bits per heavy atom. The smallest absolute Gasteiger partial charge is 0.194 e. The van der Waals surface area contributed by atoms with Crippen molar-refractivity contribution in [2.45, 2.75) is 39.2 Å². The van der Waals surface area contributed by atoms with Crippen LogP contribution in [-0.4, -0.2) is 18.1 Å². The lowest BCUT2D eigenvalue weighted by molar-refractivity contribution is 0.431. The summed E-state index contributed by atoms with van der Waals surface area (Å²) >= 11 is 0. The van der Waals surface area contributed by atoms with Crippen LogP contribution in [0.3, 0.4) is 0 Å². The molecule has 1 aromatic rings.